The van der Waals surface area contributed by atoms with Gasteiger partial charge in [-0.2, -0.15) is 0 Å². The van der Waals surface area contributed by atoms with Gasteiger partial charge in [0.2, 0.25) is 0 Å². The summed E-state index contributed by atoms with van der Waals surface area (Å²) < 4.78 is 1.22. The third-order valence-corrected chi connectivity index (χ3v) is 4.61. The van der Waals surface area contributed by atoms with Crippen LogP contribution in [0.5, 0.6) is 0 Å². The number of benzene rings is 1. The van der Waals surface area contributed by atoms with E-state index in [0.717, 1.165) is 19.6 Å². The lowest BCUT2D eigenvalue weighted by Crippen LogP contribution is -2.46. The normalized spacial score (nSPS) is 16.7. The molecule has 2 rings (SSSR count). The molecule has 0 aliphatic carbocycles. The summed E-state index contributed by atoms with van der Waals surface area (Å²) in [5, 5.41) is 3.47. The molecular formula is C17H28BrN3. The molecule has 118 valence electrons. The van der Waals surface area contributed by atoms with Gasteiger partial charge in [-0.05, 0) is 46.6 Å². The second-order valence-electron chi connectivity index (χ2n) is 6.15. The number of hydrogen-bond donors (Lipinski definition) is 1. The first-order valence-electron chi connectivity index (χ1n) is 8.09. The quantitative estimate of drug-likeness (QED) is 0.844. The molecule has 1 N–H and O–H groups in total. The van der Waals surface area contributed by atoms with Crippen molar-refractivity contribution in [2.24, 2.45) is 0 Å². The van der Waals surface area contributed by atoms with Gasteiger partial charge in [-0.3, -0.25) is 4.90 Å². The van der Waals surface area contributed by atoms with Crippen LogP contribution in [0.2, 0.25) is 0 Å². The zero-order valence-corrected chi connectivity index (χ0v) is 15.1. The van der Waals surface area contributed by atoms with Gasteiger partial charge in [0.15, 0.2) is 0 Å². The number of anilines is 1. The summed E-state index contributed by atoms with van der Waals surface area (Å²) in [4.78, 5) is 5.06. The van der Waals surface area contributed by atoms with E-state index in [1.165, 1.54) is 41.8 Å². The van der Waals surface area contributed by atoms with E-state index in [0.29, 0.717) is 6.04 Å². The van der Waals surface area contributed by atoms with E-state index in [-0.39, 0.29) is 0 Å². The molecule has 1 saturated heterocycles. The summed E-state index contributed by atoms with van der Waals surface area (Å²) in [6, 6.07) is 7.28. The van der Waals surface area contributed by atoms with Crippen LogP contribution in [-0.2, 0) is 6.54 Å². The highest BCUT2D eigenvalue weighted by Crippen LogP contribution is 2.28. The minimum Gasteiger partial charge on any atom is -0.368 e. The Balaban J connectivity index is 1.95. The molecule has 1 aliphatic heterocycles. The summed E-state index contributed by atoms with van der Waals surface area (Å²) in [5.74, 6) is 0. The molecule has 0 radical (unpaired) electrons. The van der Waals surface area contributed by atoms with Crippen molar-refractivity contribution in [3.63, 3.8) is 0 Å². The SMILES string of the molecule is CCCN1CCN(c2ccc(CNC(C)C)cc2Br)CC1. The number of nitrogens with one attached hydrogen (secondary N) is 1. The topological polar surface area (TPSA) is 18.5 Å². The fourth-order valence-corrected chi connectivity index (χ4v) is 3.44. The minimum atomic E-state index is 0.523. The van der Waals surface area contributed by atoms with Crippen LogP contribution in [0, 0.1) is 0 Å². The molecule has 0 spiro atoms. The molecule has 1 aromatic rings. The van der Waals surface area contributed by atoms with Gasteiger partial charge in [0.1, 0.15) is 0 Å². The molecule has 21 heavy (non-hydrogen) atoms. The molecule has 0 saturated carbocycles. The van der Waals surface area contributed by atoms with E-state index in [1.54, 1.807) is 0 Å². The van der Waals surface area contributed by atoms with Gasteiger partial charge in [0.05, 0.1) is 5.69 Å². The van der Waals surface area contributed by atoms with Crippen LogP contribution in [0.1, 0.15) is 32.8 Å². The first-order chi connectivity index (χ1) is 10.1. The van der Waals surface area contributed by atoms with E-state index in [2.05, 4.69) is 70.0 Å². The Morgan fingerprint density at radius 2 is 1.90 bits per heavy atom. The Kier molecular flexibility index (Phi) is 6.52. The van der Waals surface area contributed by atoms with Gasteiger partial charge in [-0.1, -0.05) is 26.8 Å². The summed E-state index contributed by atoms with van der Waals surface area (Å²) >= 11 is 3.75. The van der Waals surface area contributed by atoms with Crippen LogP contribution >= 0.6 is 15.9 Å². The predicted molar refractivity (Wildman–Crippen MR) is 95.1 cm³/mol. The molecule has 0 amide bonds. The molecule has 1 aliphatic rings. The highest BCUT2D eigenvalue weighted by molar-refractivity contribution is 9.10. The van der Waals surface area contributed by atoms with Crippen molar-refractivity contribution in [1.82, 2.24) is 10.2 Å². The predicted octanol–water partition coefficient (Wildman–Crippen LogP) is 3.48. The summed E-state index contributed by atoms with van der Waals surface area (Å²) in [5.41, 5.74) is 2.67. The maximum absolute atomic E-state index is 3.75. The van der Waals surface area contributed by atoms with E-state index in [9.17, 15) is 0 Å². The molecule has 1 fully saturated rings. The summed E-state index contributed by atoms with van der Waals surface area (Å²) in [6.45, 7) is 13.4. The largest absolute Gasteiger partial charge is 0.368 e. The van der Waals surface area contributed by atoms with Crippen molar-refractivity contribution in [3.8, 4) is 0 Å². The van der Waals surface area contributed by atoms with Gasteiger partial charge in [-0.15, -0.1) is 0 Å². The zero-order chi connectivity index (χ0) is 15.2. The Hall–Kier alpha value is -0.580. The molecule has 1 heterocycles. The second kappa shape index (κ2) is 8.16. The Morgan fingerprint density at radius 1 is 1.19 bits per heavy atom. The standard InChI is InChI=1S/C17H28BrN3/c1-4-7-20-8-10-21(11-9-20)17-6-5-15(12-16(17)18)13-19-14(2)3/h5-6,12,14,19H,4,7-11,13H2,1-3H3. The molecule has 1 aromatic carbocycles. The lowest BCUT2D eigenvalue weighted by Gasteiger charge is -2.36. The molecule has 4 heteroatoms. The van der Waals surface area contributed by atoms with Crippen LogP contribution in [0.3, 0.4) is 0 Å². The average molecular weight is 354 g/mol. The fraction of sp³-hybridized carbons (Fsp3) is 0.647. The van der Waals surface area contributed by atoms with Crippen molar-refractivity contribution in [2.45, 2.75) is 39.8 Å². The van der Waals surface area contributed by atoms with Crippen molar-refractivity contribution >= 4 is 21.6 Å². The van der Waals surface area contributed by atoms with E-state index >= 15 is 0 Å². The van der Waals surface area contributed by atoms with E-state index in [1.807, 2.05) is 0 Å². The van der Waals surface area contributed by atoms with Gasteiger partial charge >= 0.3 is 0 Å². The van der Waals surface area contributed by atoms with Crippen LogP contribution in [-0.4, -0.2) is 43.7 Å². The van der Waals surface area contributed by atoms with Gasteiger partial charge in [0.25, 0.3) is 0 Å². The van der Waals surface area contributed by atoms with Crippen molar-refractivity contribution in [2.75, 3.05) is 37.6 Å². The molecule has 0 bridgehead atoms. The fourth-order valence-electron chi connectivity index (χ4n) is 2.77. The summed E-state index contributed by atoms with van der Waals surface area (Å²) in [6.07, 6.45) is 1.25. The first kappa shape index (κ1) is 16.8. The number of piperazine rings is 1. The maximum atomic E-state index is 3.75. The van der Waals surface area contributed by atoms with Crippen LogP contribution < -0.4 is 10.2 Å². The van der Waals surface area contributed by atoms with Gasteiger partial charge < -0.3 is 10.2 Å². The third-order valence-electron chi connectivity index (χ3n) is 3.98. The van der Waals surface area contributed by atoms with Gasteiger partial charge in [-0.25, -0.2) is 0 Å². The Morgan fingerprint density at radius 3 is 2.48 bits per heavy atom. The number of hydrogen-bond acceptors (Lipinski definition) is 3. The van der Waals surface area contributed by atoms with Crippen molar-refractivity contribution < 1.29 is 0 Å². The highest BCUT2D eigenvalue weighted by Gasteiger charge is 2.18. The number of halogens is 1. The number of nitrogens with zero attached hydrogens (tertiary/aromatic N) is 2. The highest BCUT2D eigenvalue weighted by atomic mass is 79.9. The second-order valence-corrected chi connectivity index (χ2v) is 7.00. The van der Waals surface area contributed by atoms with Gasteiger partial charge in [0, 0.05) is 43.2 Å². The smallest absolute Gasteiger partial charge is 0.0511 e. The average Bonchev–Trinajstić information content (AvgIpc) is 2.47. The minimum absolute atomic E-state index is 0.523. The van der Waals surface area contributed by atoms with Crippen molar-refractivity contribution in [1.29, 1.82) is 0 Å². The third kappa shape index (κ3) is 4.97. The lowest BCUT2D eigenvalue weighted by molar-refractivity contribution is 0.258. The molecular weight excluding hydrogens is 326 g/mol. The Bertz CT molecular complexity index is 440. The van der Waals surface area contributed by atoms with E-state index < -0.39 is 0 Å². The summed E-state index contributed by atoms with van der Waals surface area (Å²) in [7, 11) is 0. The molecule has 3 nitrogen and oxygen atoms in total. The molecule has 0 atom stereocenters. The molecule has 0 aromatic heterocycles. The monoisotopic (exact) mass is 353 g/mol. The van der Waals surface area contributed by atoms with Crippen LogP contribution in [0.25, 0.3) is 0 Å². The van der Waals surface area contributed by atoms with Crippen LogP contribution in [0.15, 0.2) is 22.7 Å². The van der Waals surface area contributed by atoms with Crippen LogP contribution in [0.4, 0.5) is 5.69 Å². The number of rotatable bonds is 6. The van der Waals surface area contributed by atoms with Crippen molar-refractivity contribution in [3.05, 3.63) is 28.2 Å². The zero-order valence-electron chi connectivity index (χ0n) is 13.5. The molecule has 0 unspecified atom stereocenters. The lowest BCUT2D eigenvalue weighted by atomic mass is 10.1. The first-order valence-corrected chi connectivity index (χ1v) is 8.88. The Labute approximate surface area is 137 Å². The maximum Gasteiger partial charge on any atom is 0.0511 e. The van der Waals surface area contributed by atoms with E-state index in [4.69, 9.17) is 0 Å².